The summed E-state index contributed by atoms with van der Waals surface area (Å²) in [5, 5.41) is 6.00. The van der Waals surface area contributed by atoms with Crippen molar-refractivity contribution in [2.75, 3.05) is 31.3 Å². The lowest BCUT2D eigenvalue weighted by Crippen LogP contribution is -2.33. The van der Waals surface area contributed by atoms with Crippen molar-refractivity contribution in [3.05, 3.63) is 35.8 Å². The van der Waals surface area contributed by atoms with E-state index in [4.69, 9.17) is 9.47 Å². The fraction of sp³-hybridized carbons (Fsp3) is 0.560. The van der Waals surface area contributed by atoms with E-state index in [0.717, 1.165) is 57.0 Å². The van der Waals surface area contributed by atoms with E-state index in [-0.39, 0.29) is 6.10 Å². The number of hydrogen-bond acceptors (Lipinski definition) is 7. The van der Waals surface area contributed by atoms with Gasteiger partial charge in [0.05, 0.1) is 12.3 Å². The van der Waals surface area contributed by atoms with E-state index < -0.39 is 0 Å². The first-order valence-electron chi connectivity index (χ1n) is 11.8. The van der Waals surface area contributed by atoms with Crippen LogP contribution in [-0.2, 0) is 16.0 Å². The van der Waals surface area contributed by atoms with Crippen molar-refractivity contribution in [1.82, 2.24) is 10.6 Å². The summed E-state index contributed by atoms with van der Waals surface area (Å²) in [6.45, 7) is 16.5. The van der Waals surface area contributed by atoms with Gasteiger partial charge in [-0.2, -0.15) is 0 Å². The Hall–Kier alpha value is -2.87. The number of nitrogens with one attached hydrogen (secondary N) is 2. The van der Waals surface area contributed by atoms with E-state index in [1.54, 1.807) is 12.4 Å². The van der Waals surface area contributed by atoms with E-state index in [0.29, 0.717) is 12.7 Å². The molecule has 33 heavy (non-hydrogen) atoms. The molecule has 0 radical (unpaired) electrons. The quantitative estimate of drug-likeness (QED) is 0.432. The summed E-state index contributed by atoms with van der Waals surface area (Å²) >= 11 is 0. The SMILES string of the molecule is C=N/C=C(/NC/N=C/C)N1CCc2cc(OC(C)C)ccc21.CC.O=CNC1CCOCC1. The van der Waals surface area contributed by atoms with Gasteiger partial charge in [0.1, 0.15) is 18.2 Å². The summed E-state index contributed by atoms with van der Waals surface area (Å²) < 4.78 is 10.9. The zero-order valence-corrected chi connectivity index (χ0v) is 20.8. The van der Waals surface area contributed by atoms with Crippen LogP contribution in [0.15, 0.2) is 40.2 Å². The van der Waals surface area contributed by atoms with Gasteiger partial charge in [-0.15, -0.1) is 0 Å². The normalized spacial score (nSPS) is 15.7. The van der Waals surface area contributed by atoms with Crippen molar-refractivity contribution in [2.24, 2.45) is 9.98 Å². The van der Waals surface area contributed by atoms with Crippen LogP contribution >= 0.6 is 0 Å². The summed E-state index contributed by atoms with van der Waals surface area (Å²) in [5.41, 5.74) is 2.47. The molecular weight excluding hydrogens is 418 g/mol. The molecule has 1 fully saturated rings. The number of rotatable bonds is 9. The molecule has 3 rings (SSSR count). The van der Waals surface area contributed by atoms with Crippen molar-refractivity contribution in [3.8, 4) is 5.75 Å². The number of carbonyl (C=O) groups excluding carboxylic acids is 1. The molecule has 2 heterocycles. The average molecular weight is 460 g/mol. The molecule has 1 amide bonds. The first-order chi connectivity index (χ1) is 16.1. The molecule has 1 aromatic rings. The van der Waals surface area contributed by atoms with Crippen molar-refractivity contribution < 1.29 is 14.3 Å². The minimum Gasteiger partial charge on any atom is -0.491 e. The van der Waals surface area contributed by atoms with Gasteiger partial charge in [0, 0.05) is 31.5 Å². The Morgan fingerprint density at radius 2 is 2.06 bits per heavy atom. The van der Waals surface area contributed by atoms with Gasteiger partial charge in [-0.1, -0.05) is 13.8 Å². The van der Waals surface area contributed by atoms with E-state index in [2.05, 4.69) is 44.4 Å². The largest absolute Gasteiger partial charge is 0.491 e. The third kappa shape index (κ3) is 10.1. The Morgan fingerprint density at radius 3 is 2.67 bits per heavy atom. The van der Waals surface area contributed by atoms with E-state index in [1.807, 2.05) is 40.7 Å². The van der Waals surface area contributed by atoms with Crippen LogP contribution in [0.3, 0.4) is 0 Å². The molecular formula is C25H41N5O3. The highest BCUT2D eigenvalue weighted by atomic mass is 16.5. The van der Waals surface area contributed by atoms with E-state index >= 15 is 0 Å². The molecule has 0 bridgehead atoms. The zero-order valence-electron chi connectivity index (χ0n) is 20.8. The summed E-state index contributed by atoms with van der Waals surface area (Å²) in [5.74, 6) is 1.84. The molecule has 0 spiro atoms. The number of hydrogen-bond donors (Lipinski definition) is 2. The molecule has 2 aliphatic heterocycles. The van der Waals surface area contributed by atoms with Gasteiger partial charge in [-0.3, -0.25) is 14.8 Å². The lowest BCUT2D eigenvalue weighted by molar-refractivity contribution is -0.110. The van der Waals surface area contributed by atoms with Crippen molar-refractivity contribution in [2.45, 2.75) is 66.0 Å². The number of benzene rings is 1. The number of amides is 1. The zero-order chi connectivity index (χ0) is 24.5. The summed E-state index contributed by atoms with van der Waals surface area (Å²) in [7, 11) is 0. The maximum Gasteiger partial charge on any atom is 0.207 e. The van der Waals surface area contributed by atoms with Crippen molar-refractivity contribution in [3.63, 3.8) is 0 Å². The van der Waals surface area contributed by atoms with Crippen LogP contribution in [0.25, 0.3) is 0 Å². The Morgan fingerprint density at radius 1 is 1.33 bits per heavy atom. The van der Waals surface area contributed by atoms with Crippen LogP contribution in [0.1, 0.15) is 53.0 Å². The minimum atomic E-state index is 0.185. The molecule has 2 N–H and O–H groups in total. The predicted molar refractivity (Wildman–Crippen MR) is 137 cm³/mol. The Kier molecular flexibility index (Phi) is 14.3. The van der Waals surface area contributed by atoms with Gasteiger partial charge in [0.25, 0.3) is 0 Å². The maximum atomic E-state index is 9.92. The van der Waals surface area contributed by atoms with Crippen LogP contribution in [0.4, 0.5) is 5.69 Å². The topological polar surface area (TPSA) is 87.5 Å². The average Bonchev–Trinajstić information content (AvgIpc) is 3.24. The number of carbonyl (C=O) groups is 1. The monoisotopic (exact) mass is 459 g/mol. The number of fused-ring (bicyclic) bond motifs is 1. The molecule has 0 aromatic heterocycles. The summed E-state index contributed by atoms with van der Waals surface area (Å²) in [4.78, 5) is 20.2. The van der Waals surface area contributed by atoms with Crippen molar-refractivity contribution >= 4 is 25.0 Å². The number of aliphatic imine (C=N–C) groups is 2. The molecule has 0 unspecified atom stereocenters. The molecule has 2 aliphatic rings. The summed E-state index contributed by atoms with van der Waals surface area (Å²) in [6.07, 6.45) is 7.35. The van der Waals surface area contributed by atoms with Crippen LogP contribution in [0, 0.1) is 0 Å². The Balaban J connectivity index is 0.000000412. The molecule has 1 aromatic carbocycles. The molecule has 8 nitrogen and oxygen atoms in total. The van der Waals surface area contributed by atoms with Gasteiger partial charge in [0.2, 0.25) is 6.41 Å². The summed E-state index contributed by atoms with van der Waals surface area (Å²) in [6, 6.07) is 6.59. The first kappa shape index (κ1) is 28.2. The minimum absolute atomic E-state index is 0.185. The highest BCUT2D eigenvalue weighted by molar-refractivity contribution is 5.63. The Bertz CT molecular complexity index is 758. The van der Waals surface area contributed by atoms with Crippen molar-refractivity contribution in [1.29, 1.82) is 0 Å². The predicted octanol–water partition coefficient (Wildman–Crippen LogP) is 3.91. The van der Waals surface area contributed by atoms with Gasteiger partial charge < -0.3 is 25.0 Å². The second-order valence-corrected chi connectivity index (χ2v) is 7.50. The standard InChI is InChI=1S/C17H24N4O.C6H11NO2.C2H6/c1-5-19-12-20-17(11-18-4)21-9-8-14-10-15(22-13(2)3)6-7-16(14)21;8-5-7-6-1-3-9-4-2-6;1-2/h5-7,10-11,13,20H,4,8-9,12H2,1-3H3;5-6H,1-4H2,(H,7,8);1-2H3/b17-11-,19-5+;;. The molecule has 1 saturated heterocycles. The smallest absolute Gasteiger partial charge is 0.207 e. The van der Waals surface area contributed by atoms with Gasteiger partial charge in [0.15, 0.2) is 0 Å². The van der Waals surface area contributed by atoms with Crippen LogP contribution in [0.2, 0.25) is 0 Å². The third-order valence-electron chi connectivity index (χ3n) is 4.88. The van der Waals surface area contributed by atoms with Crippen LogP contribution < -0.4 is 20.3 Å². The lowest BCUT2D eigenvalue weighted by atomic mass is 10.1. The third-order valence-corrected chi connectivity index (χ3v) is 4.88. The van der Waals surface area contributed by atoms with E-state index in [9.17, 15) is 4.79 Å². The second kappa shape index (κ2) is 16.7. The molecule has 0 atom stereocenters. The highest BCUT2D eigenvalue weighted by Gasteiger charge is 2.22. The Labute approximate surface area is 199 Å². The van der Waals surface area contributed by atoms with E-state index in [1.165, 1.54) is 11.3 Å². The van der Waals surface area contributed by atoms with Gasteiger partial charge >= 0.3 is 0 Å². The maximum absolute atomic E-state index is 9.92. The molecule has 8 heteroatoms. The first-order valence-corrected chi connectivity index (χ1v) is 11.8. The highest BCUT2D eigenvalue weighted by Crippen LogP contribution is 2.33. The van der Waals surface area contributed by atoms with Gasteiger partial charge in [-0.05, 0) is 76.7 Å². The molecule has 0 saturated carbocycles. The fourth-order valence-corrected chi connectivity index (χ4v) is 3.45. The number of ether oxygens (including phenoxy) is 2. The number of anilines is 1. The van der Waals surface area contributed by atoms with Gasteiger partial charge in [-0.25, -0.2) is 0 Å². The van der Waals surface area contributed by atoms with Crippen LogP contribution in [-0.4, -0.2) is 57.9 Å². The fourth-order valence-electron chi connectivity index (χ4n) is 3.45. The van der Waals surface area contributed by atoms with Crippen LogP contribution in [0.5, 0.6) is 5.75 Å². The molecule has 0 aliphatic carbocycles. The molecule has 184 valence electrons. The number of nitrogens with zero attached hydrogens (tertiary/aromatic N) is 3. The second-order valence-electron chi connectivity index (χ2n) is 7.50. The lowest BCUT2D eigenvalue weighted by Gasteiger charge is -2.23.